The third-order valence-electron chi connectivity index (χ3n) is 14.0. The number of nitrogens with one attached hydrogen (secondary N) is 1. The Kier molecular flexibility index (Phi) is 9.49. The molecule has 2 aromatic rings. The normalized spacial score (nSPS) is 39.3. The zero-order chi connectivity index (χ0) is 34.7. The minimum Gasteiger partial charge on any atom is -0.472 e. The molecule has 4 aliphatic carbocycles. The number of aromatic nitrogens is 5. The molecule has 11 nitrogen and oxygen atoms in total. The highest BCUT2D eigenvalue weighted by Gasteiger charge is 2.59. The molecule has 0 bridgehead atoms. The van der Waals surface area contributed by atoms with Crippen molar-refractivity contribution in [2.45, 2.75) is 136 Å². The summed E-state index contributed by atoms with van der Waals surface area (Å²) in [5, 5.41) is 29.4. The van der Waals surface area contributed by atoms with Crippen molar-refractivity contribution in [1.29, 1.82) is 0 Å². The van der Waals surface area contributed by atoms with Crippen LogP contribution in [0.2, 0.25) is 0 Å². The zero-order valence-electron chi connectivity index (χ0n) is 30.0. The lowest BCUT2D eigenvalue weighted by Crippen LogP contribution is -2.51. The summed E-state index contributed by atoms with van der Waals surface area (Å²) in [4.78, 5) is 26.4. The van der Waals surface area contributed by atoms with Gasteiger partial charge in [0.05, 0.1) is 12.8 Å². The Morgan fingerprint density at radius 1 is 1.10 bits per heavy atom. The Morgan fingerprint density at radius 3 is 2.67 bits per heavy atom. The van der Waals surface area contributed by atoms with Crippen LogP contribution in [0.3, 0.4) is 0 Å². The maximum absolute atomic E-state index is 12.6. The lowest BCUT2D eigenvalue weighted by molar-refractivity contribution is -0.0560. The molecule has 7 rings (SSSR count). The van der Waals surface area contributed by atoms with Crippen LogP contribution in [0.15, 0.2) is 39.7 Å². The topological polar surface area (TPSA) is 144 Å². The summed E-state index contributed by atoms with van der Waals surface area (Å²) in [6.07, 6.45) is 16.1. The maximum Gasteiger partial charge on any atom is 0.330 e. The molecule has 3 heterocycles. The van der Waals surface area contributed by atoms with Gasteiger partial charge in [-0.05, 0) is 91.3 Å². The van der Waals surface area contributed by atoms with E-state index in [-0.39, 0.29) is 11.5 Å². The minimum atomic E-state index is -1.17. The van der Waals surface area contributed by atoms with E-state index < -0.39 is 42.3 Å². The van der Waals surface area contributed by atoms with Crippen molar-refractivity contribution in [2.75, 3.05) is 6.61 Å². The molecule has 1 aliphatic heterocycles. The molecule has 2 aromatic heterocycles. The van der Waals surface area contributed by atoms with E-state index in [4.69, 9.17) is 9.47 Å². The summed E-state index contributed by atoms with van der Waals surface area (Å²) < 4.78 is 14.9. The van der Waals surface area contributed by atoms with E-state index in [1.165, 1.54) is 72.9 Å². The number of aliphatic hydroxyl groups is 2. The molecular weight excluding hydrogens is 622 g/mol. The number of ether oxygens (including phenoxy) is 2. The monoisotopic (exact) mass is 679 g/mol. The third-order valence-corrected chi connectivity index (χ3v) is 14.0. The van der Waals surface area contributed by atoms with Gasteiger partial charge in [0.1, 0.15) is 24.4 Å². The second-order valence-corrected chi connectivity index (χ2v) is 17.1. The first-order valence-corrected chi connectivity index (χ1v) is 19.0. The number of allylic oxidation sites excluding steroid dienone is 1. The average Bonchev–Trinajstić information content (AvgIpc) is 3.75. The fraction of sp³-hybridized carbons (Fsp3) is 0.789. The summed E-state index contributed by atoms with van der Waals surface area (Å²) in [6, 6.07) is 0.343. The summed E-state index contributed by atoms with van der Waals surface area (Å²) in [5.41, 5.74) is 1.02. The number of aromatic amines is 1. The molecule has 4 fully saturated rings. The molecule has 0 radical (unpaired) electrons. The molecule has 49 heavy (non-hydrogen) atoms. The molecule has 0 aromatic carbocycles. The number of H-pyrrole nitrogens is 1. The lowest BCUT2D eigenvalue weighted by atomic mass is 9.47. The van der Waals surface area contributed by atoms with E-state index >= 15 is 0 Å². The van der Waals surface area contributed by atoms with Crippen molar-refractivity contribution in [3.05, 3.63) is 50.9 Å². The molecule has 270 valence electrons. The van der Waals surface area contributed by atoms with Gasteiger partial charge in [0, 0.05) is 18.7 Å². The molecule has 1 saturated heterocycles. The fourth-order valence-electron chi connectivity index (χ4n) is 11.4. The SMILES string of the molecule is CC(C)CCC[C@@H](C)[C@H]1CC[C@H]2[C@@H]3CC=C4C[C@@H](Oc5cn([C@@H]6[C@H](O)[C@@H](CO)O[C@H]6n6ccc(=O)[nH]c6=O)nn5)CC[C@]4(C)[C@H]3CC[C@]12C. The van der Waals surface area contributed by atoms with E-state index in [1.54, 1.807) is 11.8 Å². The highest BCUT2D eigenvalue weighted by molar-refractivity contribution is 5.26. The summed E-state index contributed by atoms with van der Waals surface area (Å²) in [5.74, 6) is 5.18. The van der Waals surface area contributed by atoms with Crippen LogP contribution in [-0.4, -0.2) is 59.7 Å². The van der Waals surface area contributed by atoms with Crippen LogP contribution in [0.5, 0.6) is 5.88 Å². The van der Waals surface area contributed by atoms with E-state index in [2.05, 4.69) is 56.0 Å². The molecule has 11 heteroatoms. The molecule has 3 N–H and O–H groups in total. The van der Waals surface area contributed by atoms with Crippen LogP contribution in [0.1, 0.15) is 118 Å². The van der Waals surface area contributed by atoms with E-state index in [1.807, 2.05) is 0 Å². The predicted molar refractivity (Wildman–Crippen MR) is 185 cm³/mol. The highest BCUT2D eigenvalue weighted by Crippen LogP contribution is 2.67. The van der Waals surface area contributed by atoms with Crippen molar-refractivity contribution >= 4 is 0 Å². The van der Waals surface area contributed by atoms with Crippen LogP contribution in [0.4, 0.5) is 0 Å². The average molecular weight is 680 g/mol. The summed E-state index contributed by atoms with van der Waals surface area (Å²) in [7, 11) is 0. The molecular formula is C38H57N5O6. The molecule has 12 atom stereocenters. The van der Waals surface area contributed by atoms with Crippen molar-refractivity contribution in [2.24, 2.45) is 46.3 Å². The van der Waals surface area contributed by atoms with Crippen LogP contribution in [-0.2, 0) is 4.74 Å². The van der Waals surface area contributed by atoms with Crippen molar-refractivity contribution < 1.29 is 19.7 Å². The number of hydrogen-bond donors (Lipinski definition) is 3. The molecule has 3 saturated carbocycles. The predicted octanol–water partition coefficient (Wildman–Crippen LogP) is 5.41. The summed E-state index contributed by atoms with van der Waals surface area (Å²) in [6.45, 7) is 12.0. The van der Waals surface area contributed by atoms with Crippen molar-refractivity contribution in [3.63, 3.8) is 0 Å². The first-order valence-electron chi connectivity index (χ1n) is 19.0. The molecule has 0 amide bonds. The van der Waals surface area contributed by atoms with Gasteiger partial charge in [-0.3, -0.25) is 14.3 Å². The lowest BCUT2D eigenvalue weighted by Gasteiger charge is -2.58. The first kappa shape index (κ1) is 34.7. The van der Waals surface area contributed by atoms with Crippen molar-refractivity contribution in [1.82, 2.24) is 24.5 Å². The number of aliphatic hydroxyl groups excluding tert-OH is 2. The quantitative estimate of drug-likeness (QED) is 0.283. The maximum atomic E-state index is 12.6. The zero-order valence-corrected chi connectivity index (χ0v) is 30.0. The van der Waals surface area contributed by atoms with Gasteiger partial charge in [0.15, 0.2) is 6.23 Å². The van der Waals surface area contributed by atoms with Gasteiger partial charge in [-0.2, -0.15) is 0 Å². The van der Waals surface area contributed by atoms with Crippen LogP contribution in [0, 0.1) is 46.3 Å². The van der Waals surface area contributed by atoms with E-state index in [0.717, 1.165) is 54.8 Å². The minimum absolute atomic E-state index is 0.0232. The molecule has 0 unspecified atom stereocenters. The van der Waals surface area contributed by atoms with Gasteiger partial charge in [-0.25, -0.2) is 9.48 Å². The Labute approximate surface area is 289 Å². The number of nitrogens with zero attached hydrogens (tertiary/aromatic N) is 4. The number of rotatable bonds is 10. The largest absolute Gasteiger partial charge is 0.472 e. The summed E-state index contributed by atoms with van der Waals surface area (Å²) >= 11 is 0. The second-order valence-electron chi connectivity index (χ2n) is 17.1. The van der Waals surface area contributed by atoms with Gasteiger partial charge in [-0.1, -0.05) is 75.8 Å². The van der Waals surface area contributed by atoms with Crippen molar-refractivity contribution in [3.8, 4) is 5.88 Å². The molecule has 5 aliphatic rings. The van der Waals surface area contributed by atoms with Crippen LogP contribution in [0.25, 0.3) is 0 Å². The van der Waals surface area contributed by atoms with Crippen LogP contribution >= 0.6 is 0 Å². The first-order chi connectivity index (χ1) is 23.4. The van der Waals surface area contributed by atoms with Crippen LogP contribution < -0.4 is 16.0 Å². The van der Waals surface area contributed by atoms with Gasteiger partial charge < -0.3 is 19.7 Å². The fourth-order valence-corrected chi connectivity index (χ4v) is 11.4. The Bertz CT molecular complexity index is 1630. The van der Waals surface area contributed by atoms with Gasteiger partial charge in [-0.15, -0.1) is 0 Å². The smallest absolute Gasteiger partial charge is 0.330 e. The molecule has 0 spiro atoms. The van der Waals surface area contributed by atoms with Gasteiger partial charge in [0.2, 0.25) is 0 Å². The number of fused-ring (bicyclic) bond motifs is 5. The third kappa shape index (κ3) is 6.15. The Morgan fingerprint density at radius 2 is 1.92 bits per heavy atom. The second kappa shape index (κ2) is 13.4. The highest BCUT2D eigenvalue weighted by atomic mass is 16.5. The van der Waals surface area contributed by atoms with E-state index in [0.29, 0.717) is 11.3 Å². The Balaban J connectivity index is 1.02. The van der Waals surface area contributed by atoms with E-state index in [9.17, 15) is 19.8 Å². The van der Waals surface area contributed by atoms with Gasteiger partial charge >= 0.3 is 5.69 Å². The van der Waals surface area contributed by atoms with Gasteiger partial charge in [0.25, 0.3) is 11.4 Å². The number of hydrogen-bond acceptors (Lipinski definition) is 8. The standard InChI is InChI=1S/C38H57N5O6/c1-22(2)7-6-8-23(3)27-11-12-28-26-10-9-24-19-25(13-16-37(24,4)29(26)14-17-38(27,28)5)48-32-20-43(41-40-32)33-34(46)30(21-44)49-35(33)42-18-15-31(45)39-36(42)47/h9,15,18,20,22-23,25-30,33-35,44,46H,6-8,10-14,16-17,19,21H2,1-5H3,(H,39,45,47)/t23-,25+,26+,27-,28+,29+,30-,33-,34-,35-,37+,38-/m1/s1. The Hall–Kier alpha value is -2.76.